The van der Waals surface area contributed by atoms with E-state index in [1.807, 2.05) is 0 Å². The fourth-order valence-electron chi connectivity index (χ4n) is 14.5. The zero-order chi connectivity index (χ0) is 45.5. The average molecular weight is 960 g/mol. The van der Waals surface area contributed by atoms with Gasteiger partial charge in [0, 0.05) is 14.7 Å². The quantitative estimate of drug-likeness (QED) is 0.0629. The summed E-state index contributed by atoms with van der Waals surface area (Å²) in [4.78, 5) is 5.31. The molecule has 0 unspecified atom stereocenters. The minimum atomic E-state index is -0.0556. The molecule has 6 saturated carbocycles. The van der Waals surface area contributed by atoms with Gasteiger partial charge in [0.1, 0.15) is 3.41 Å². The molecule has 3 aromatic rings. The van der Waals surface area contributed by atoms with E-state index in [-0.39, 0.29) is 3.41 Å². The van der Waals surface area contributed by atoms with E-state index in [0.29, 0.717) is 35.5 Å². The van der Waals surface area contributed by atoms with Gasteiger partial charge in [0.15, 0.2) is 0 Å². The number of hydrogen-bond donors (Lipinski definition) is 0. The third kappa shape index (κ3) is 13.4. The van der Waals surface area contributed by atoms with Crippen molar-refractivity contribution in [2.75, 3.05) is 0 Å². The van der Waals surface area contributed by atoms with Crippen LogP contribution in [-0.2, 0) is 0 Å². The highest BCUT2D eigenvalue weighted by atomic mass is 32.3. The molecule has 6 fully saturated rings. The summed E-state index contributed by atoms with van der Waals surface area (Å²) >= 11 is 7.46. The first-order valence-electron chi connectivity index (χ1n) is 29.6. The van der Waals surface area contributed by atoms with E-state index in [9.17, 15) is 0 Å². The van der Waals surface area contributed by atoms with Crippen molar-refractivity contribution in [3.05, 3.63) is 88.0 Å². The monoisotopic (exact) mass is 959 g/mol. The molecular formula is C64H94S3. The van der Waals surface area contributed by atoms with E-state index in [4.69, 9.17) is 0 Å². The first-order valence-corrected chi connectivity index (χ1v) is 32.1. The molecule has 0 heterocycles. The molecule has 0 bridgehead atoms. The predicted octanol–water partition coefficient (Wildman–Crippen LogP) is 22.4. The van der Waals surface area contributed by atoms with Gasteiger partial charge < -0.3 is 0 Å². The Hall–Kier alpha value is -1.29. The zero-order valence-corrected chi connectivity index (χ0v) is 45.2. The van der Waals surface area contributed by atoms with Gasteiger partial charge in [0.05, 0.1) is 0 Å². The first kappa shape index (κ1) is 50.6. The summed E-state index contributed by atoms with van der Waals surface area (Å²) in [5.41, 5.74) is 10.6. The third-order valence-corrected chi connectivity index (χ3v) is 23.4. The molecule has 0 nitrogen and oxygen atoms in total. The smallest absolute Gasteiger partial charge is 0.0960 e. The summed E-state index contributed by atoms with van der Waals surface area (Å²) in [6.45, 7) is 2.38. The maximum Gasteiger partial charge on any atom is 0.120 e. The lowest BCUT2D eigenvalue weighted by Gasteiger charge is -2.40. The van der Waals surface area contributed by atoms with Gasteiger partial charge in [0.2, 0.25) is 0 Å². The Morgan fingerprint density at radius 3 is 0.776 bits per heavy atom. The second kappa shape index (κ2) is 26.4. The van der Waals surface area contributed by atoms with E-state index < -0.39 is 0 Å². The molecule has 0 radical (unpaired) electrons. The van der Waals surface area contributed by atoms with Crippen LogP contribution in [-0.4, -0.2) is 3.41 Å². The van der Waals surface area contributed by atoms with Crippen molar-refractivity contribution < 1.29 is 0 Å². The highest BCUT2D eigenvalue weighted by molar-refractivity contribution is 8.33. The second-order valence-corrected chi connectivity index (χ2v) is 27.9. The summed E-state index contributed by atoms with van der Waals surface area (Å²) in [5, 5.41) is 0. The van der Waals surface area contributed by atoms with Crippen LogP contribution in [0.4, 0.5) is 0 Å². The van der Waals surface area contributed by atoms with Crippen LogP contribution in [0, 0.1) is 0 Å². The molecular weight excluding hydrogens is 865 g/mol. The molecule has 0 spiro atoms. The highest BCUT2D eigenvalue weighted by Crippen LogP contribution is 2.64. The van der Waals surface area contributed by atoms with Crippen molar-refractivity contribution in [3.63, 3.8) is 0 Å². The van der Waals surface area contributed by atoms with Gasteiger partial charge in [-0.3, -0.25) is 0 Å². The van der Waals surface area contributed by atoms with Crippen LogP contribution in [0.5, 0.6) is 0 Å². The lowest BCUT2D eigenvalue weighted by Crippen LogP contribution is -2.22. The molecule has 0 aliphatic heterocycles. The molecule has 0 atom stereocenters. The van der Waals surface area contributed by atoms with Crippen molar-refractivity contribution in [3.8, 4) is 0 Å². The lowest BCUT2D eigenvalue weighted by atomic mass is 9.80. The van der Waals surface area contributed by atoms with E-state index in [2.05, 4.69) is 96.8 Å². The topological polar surface area (TPSA) is 0 Å². The van der Waals surface area contributed by atoms with Gasteiger partial charge in [-0.2, -0.15) is 0 Å². The molecule has 6 aliphatic carbocycles. The Labute approximate surface area is 425 Å². The van der Waals surface area contributed by atoms with Gasteiger partial charge in [-0.05, 0) is 152 Å². The molecule has 0 amide bonds. The van der Waals surface area contributed by atoms with Crippen LogP contribution in [0.2, 0.25) is 0 Å². The minimum absolute atomic E-state index is 0.0556. The number of benzene rings is 3. The molecule has 6 aliphatic rings. The summed E-state index contributed by atoms with van der Waals surface area (Å²) in [5.74, 6) is 4.28. The van der Waals surface area contributed by atoms with Crippen LogP contribution in [0.15, 0.2) is 69.3 Å². The first-order chi connectivity index (χ1) is 33.2. The predicted molar refractivity (Wildman–Crippen MR) is 297 cm³/mol. The number of unbranched alkanes of at least 4 members (excludes halogenated alkanes) is 6. The van der Waals surface area contributed by atoms with Gasteiger partial charge in [-0.25, -0.2) is 0 Å². The zero-order valence-electron chi connectivity index (χ0n) is 42.8. The SMILES string of the molecule is CCCCCCCCCC(Sc1c(C2CCCCC2)cccc1C1CCCCC1)(Sc1c(C2CCCCC2)cccc1C1CCCCC1)Sc1c(C2CCCCC2)cccc1C1CCCCC1. The molecule has 3 heteroatoms. The molecule has 67 heavy (non-hydrogen) atoms. The van der Waals surface area contributed by atoms with Crippen LogP contribution in [0.3, 0.4) is 0 Å². The Kier molecular flexibility index (Phi) is 20.0. The van der Waals surface area contributed by atoms with E-state index in [1.54, 1.807) is 48.1 Å². The standard InChI is InChI=1S/C64H94S3/c1-2-3-4-5-6-7-26-48-64(65-61-55(49-30-14-8-15-31-49)42-27-43-56(61)50-32-16-9-17-33-50,66-62-57(51-34-18-10-19-35-51)44-28-45-58(62)52-36-20-11-21-37-52)67-63-59(53-38-22-12-23-39-53)46-29-47-60(63)54-40-24-13-25-41-54/h27-29,42-47,49-54H,2-26,30-41,48H2,1H3. The number of rotatable bonds is 20. The Morgan fingerprint density at radius 2 is 0.537 bits per heavy atom. The van der Waals surface area contributed by atoms with Crippen LogP contribution in [0.25, 0.3) is 0 Å². The fraction of sp³-hybridized carbons (Fsp3) is 0.719. The summed E-state index contributed by atoms with van der Waals surface area (Å²) < 4.78 is -0.0556. The fourth-order valence-corrected chi connectivity index (χ4v) is 20.3. The lowest BCUT2D eigenvalue weighted by molar-refractivity contribution is 0.427. The normalized spacial score (nSPS) is 21.8. The summed E-state index contributed by atoms with van der Waals surface area (Å²) in [6.07, 6.45) is 53.2. The summed E-state index contributed by atoms with van der Waals surface area (Å²) in [6, 6.07) is 23.6. The van der Waals surface area contributed by atoms with E-state index in [1.165, 1.54) is 244 Å². The van der Waals surface area contributed by atoms with Crippen LogP contribution < -0.4 is 0 Å². The van der Waals surface area contributed by atoms with Crippen LogP contribution >= 0.6 is 35.3 Å². The highest BCUT2D eigenvalue weighted by Gasteiger charge is 2.42. The van der Waals surface area contributed by atoms with Gasteiger partial charge >= 0.3 is 0 Å². The van der Waals surface area contributed by atoms with Crippen molar-refractivity contribution in [2.24, 2.45) is 0 Å². The third-order valence-electron chi connectivity index (χ3n) is 18.4. The van der Waals surface area contributed by atoms with Crippen molar-refractivity contribution in [2.45, 2.75) is 305 Å². The van der Waals surface area contributed by atoms with E-state index >= 15 is 0 Å². The Morgan fingerprint density at radius 1 is 0.313 bits per heavy atom. The van der Waals surface area contributed by atoms with Gasteiger partial charge in [-0.1, -0.05) is 257 Å². The minimum Gasteiger partial charge on any atom is -0.0960 e. The van der Waals surface area contributed by atoms with Crippen molar-refractivity contribution in [1.29, 1.82) is 0 Å². The maximum atomic E-state index is 2.67. The van der Waals surface area contributed by atoms with Gasteiger partial charge in [-0.15, -0.1) is 0 Å². The maximum absolute atomic E-state index is 2.67. The number of thioether (sulfide) groups is 3. The Balaban J connectivity index is 1.25. The van der Waals surface area contributed by atoms with Crippen molar-refractivity contribution >= 4 is 35.3 Å². The summed E-state index contributed by atoms with van der Waals surface area (Å²) in [7, 11) is 0. The largest absolute Gasteiger partial charge is 0.120 e. The van der Waals surface area contributed by atoms with Crippen LogP contribution in [0.1, 0.15) is 320 Å². The molecule has 9 rings (SSSR count). The molecule has 0 saturated heterocycles. The second-order valence-electron chi connectivity index (χ2n) is 23.2. The van der Waals surface area contributed by atoms with Crippen molar-refractivity contribution in [1.82, 2.24) is 0 Å². The molecule has 3 aromatic carbocycles. The Bertz CT molecular complexity index is 1590. The van der Waals surface area contributed by atoms with E-state index in [0.717, 1.165) is 0 Å². The average Bonchev–Trinajstić information content (AvgIpc) is 3.40. The van der Waals surface area contributed by atoms with Gasteiger partial charge in [0.25, 0.3) is 0 Å². The molecule has 368 valence electrons. The number of hydrogen-bond acceptors (Lipinski definition) is 3. The molecule has 0 N–H and O–H groups in total. The molecule has 0 aromatic heterocycles.